The maximum absolute atomic E-state index is 2.39. The molecule has 0 aromatic heterocycles. The summed E-state index contributed by atoms with van der Waals surface area (Å²) in [6.45, 7) is 13.8. The fraction of sp³-hybridized carbons (Fsp3) is 0.194. The summed E-state index contributed by atoms with van der Waals surface area (Å²) in [4.78, 5) is 0. The van der Waals surface area contributed by atoms with Crippen molar-refractivity contribution >= 4 is 27.1 Å². The molecule has 0 N–H and O–H groups in total. The topological polar surface area (TPSA) is 0 Å². The van der Waals surface area contributed by atoms with Crippen molar-refractivity contribution < 1.29 is 0 Å². The van der Waals surface area contributed by atoms with E-state index in [9.17, 15) is 0 Å². The second-order valence-corrected chi connectivity index (χ2v) is 14.1. The molecule has 0 radical (unpaired) electrons. The standard InChI is InChI=1S/C31H30Ge/c1-19-15-21(3)29(22(4)16-19)32(30-23(5)17-20(2)18-24(30)6)31-27-13-9-7-11-25(27)26-12-8-10-14-28(26)31/h7-18H,1-6H3. The van der Waals surface area contributed by atoms with Crippen molar-refractivity contribution in [1.82, 2.24) is 0 Å². The summed E-state index contributed by atoms with van der Waals surface area (Å²) in [5.41, 5.74) is 14.2. The zero-order valence-electron chi connectivity index (χ0n) is 19.9. The Hall–Kier alpha value is -2.71. The van der Waals surface area contributed by atoms with E-state index >= 15 is 0 Å². The van der Waals surface area contributed by atoms with E-state index < -0.39 is 13.9 Å². The number of hydrogen-bond donors (Lipinski definition) is 0. The molecule has 0 atom stereocenters. The Labute approximate surface area is 196 Å². The molecular weight excluding hydrogens is 445 g/mol. The van der Waals surface area contributed by atoms with Crippen LogP contribution in [0.3, 0.4) is 0 Å². The summed E-state index contributed by atoms with van der Waals surface area (Å²) in [7, 11) is 0. The molecule has 0 spiro atoms. The molecular formula is C31H30Ge. The number of rotatable bonds is 2. The van der Waals surface area contributed by atoms with Crippen LogP contribution in [0.15, 0.2) is 72.8 Å². The first-order chi connectivity index (χ1) is 15.4. The number of hydrogen-bond acceptors (Lipinski definition) is 0. The van der Waals surface area contributed by atoms with E-state index in [4.69, 9.17) is 0 Å². The van der Waals surface area contributed by atoms with Crippen molar-refractivity contribution in [3.63, 3.8) is 0 Å². The van der Waals surface area contributed by atoms with Gasteiger partial charge in [0.05, 0.1) is 0 Å². The molecule has 0 aliphatic heterocycles. The number of aryl methyl sites for hydroxylation is 6. The fourth-order valence-corrected chi connectivity index (χ4v) is 13.3. The van der Waals surface area contributed by atoms with Gasteiger partial charge in [0.1, 0.15) is 0 Å². The third-order valence-corrected chi connectivity index (χ3v) is 14.4. The first-order valence-electron chi connectivity index (χ1n) is 11.5. The first kappa shape index (κ1) is 21.2. The van der Waals surface area contributed by atoms with E-state index in [1.807, 2.05) is 0 Å². The van der Waals surface area contributed by atoms with Crippen molar-refractivity contribution in [2.45, 2.75) is 41.5 Å². The molecule has 32 heavy (non-hydrogen) atoms. The zero-order chi connectivity index (χ0) is 22.6. The van der Waals surface area contributed by atoms with Gasteiger partial charge in [-0.2, -0.15) is 0 Å². The van der Waals surface area contributed by atoms with Crippen LogP contribution < -0.4 is 8.79 Å². The molecule has 4 aromatic rings. The molecule has 4 aromatic carbocycles. The molecule has 0 bridgehead atoms. The van der Waals surface area contributed by atoms with Crippen molar-refractivity contribution in [2.24, 2.45) is 0 Å². The minimum absolute atomic E-state index is 1.36. The summed E-state index contributed by atoms with van der Waals surface area (Å²) in [5, 5.41) is 0. The van der Waals surface area contributed by atoms with Crippen LogP contribution in [0.5, 0.6) is 0 Å². The van der Waals surface area contributed by atoms with Crippen molar-refractivity contribution in [3.8, 4) is 11.1 Å². The van der Waals surface area contributed by atoms with E-state index in [0.717, 1.165) is 0 Å². The predicted octanol–water partition coefficient (Wildman–Crippen LogP) is 5.98. The van der Waals surface area contributed by atoms with Crippen LogP contribution in [0.1, 0.15) is 44.5 Å². The summed E-state index contributed by atoms with van der Waals surface area (Å²) in [6.07, 6.45) is 0. The van der Waals surface area contributed by atoms with Gasteiger partial charge in [-0.1, -0.05) is 0 Å². The van der Waals surface area contributed by atoms with Gasteiger partial charge in [0, 0.05) is 0 Å². The molecule has 0 nitrogen and oxygen atoms in total. The van der Waals surface area contributed by atoms with Crippen LogP contribution in [0.4, 0.5) is 0 Å². The van der Waals surface area contributed by atoms with Crippen LogP contribution in [-0.2, 0) is 0 Å². The number of benzene rings is 4. The average molecular weight is 475 g/mol. The van der Waals surface area contributed by atoms with Gasteiger partial charge >= 0.3 is 197 Å². The van der Waals surface area contributed by atoms with Gasteiger partial charge in [-0.25, -0.2) is 0 Å². The first-order valence-corrected chi connectivity index (χ1v) is 14.6. The summed E-state index contributed by atoms with van der Waals surface area (Å²) in [5.74, 6) is 0. The van der Waals surface area contributed by atoms with Gasteiger partial charge in [-0.15, -0.1) is 0 Å². The molecule has 0 saturated heterocycles. The van der Waals surface area contributed by atoms with Crippen LogP contribution in [-0.4, -0.2) is 18.3 Å². The third kappa shape index (κ3) is 3.33. The second-order valence-electron chi connectivity index (χ2n) is 9.39. The Kier molecular flexibility index (Phi) is 5.30. The molecule has 1 aliphatic carbocycles. The van der Waals surface area contributed by atoms with Crippen LogP contribution in [0.25, 0.3) is 11.1 Å². The molecule has 0 unspecified atom stereocenters. The molecule has 1 heteroatoms. The molecule has 158 valence electrons. The Balaban J connectivity index is 2.02. The van der Waals surface area contributed by atoms with Crippen molar-refractivity contribution in [2.75, 3.05) is 0 Å². The SMILES string of the molecule is Cc1cc(C)[c]([Ge](=[C]2c3ccccc3-c3ccccc32)[c]2c(C)cc(C)cc2C)c(C)c1. The van der Waals surface area contributed by atoms with E-state index in [-0.39, 0.29) is 0 Å². The Morgan fingerprint density at radius 3 is 1.09 bits per heavy atom. The van der Waals surface area contributed by atoms with Crippen LogP contribution in [0.2, 0.25) is 0 Å². The molecule has 0 amide bonds. The Morgan fingerprint density at radius 1 is 0.438 bits per heavy atom. The van der Waals surface area contributed by atoms with Gasteiger partial charge in [0.15, 0.2) is 0 Å². The molecule has 0 saturated carbocycles. The second kappa shape index (κ2) is 8.01. The Morgan fingerprint density at radius 2 is 0.750 bits per heavy atom. The summed E-state index contributed by atoms with van der Waals surface area (Å²) < 4.78 is 4.85. The van der Waals surface area contributed by atoms with Gasteiger partial charge in [0.25, 0.3) is 0 Å². The van der Waals surface area contributed by atoms with Crippen LogP contribution in [0, 0.1) is 41.5 Å². The van der Waals surface area contributed by atoms with Crippen molar-refractivity contribution in [3.05, 3.63) is 117 Å². The molecule has 1 aliphatic rings. The van der Waals surface area contributed by atoms with Gasteiger partial charge in [-0.05, 0) is 0 Å². The van der Waals surface area contributed by atoms with E-state index in [1.165, 1.54) is 55.6 Å². The molecule has 0 heterocycles. The van der Waals surface area contributed by atoms with Crippen molar-refractivity contribution in [1.29, 1.82) is 0 Å². The van der Waals surface area contributed by atoms with Gasteiger partial charge in [0.2, 0.25) is 0 Å². The van der Waals surface area contributed by atoms with Crippen LogP contribution >= 0.6 is 0 Å². The van der Waals surface area contributed by atoms with E-state index in [0.29, 0.717) is 0 Å². The predicted molar refractivity (Wildman–Crippen MR) is 141 cm³/mol. The zero-order valence-corrected chi connectivity index (χ0v) is 22.0. The fourth-order valence-electron chi connectivity index (χ4n) is 5.81. The van der Waals surface area contributed by atoms with E-state index in [2.05, 4.69) is 114 Å². The summed E-state index contributed by atoms with van der Waals surface area (Å²) >= 11 is -2.15. The quantitative estimate of drug-likeness (QED) is 0.276. The molecule has 0 fully saturated rings. The number of fused-ring (bicyclic) bond motifs is 3. The maximum atomic E-state index is 2.39. The van der Waals surface area contributed by atoms with Gasteiger partial charge < -0.3 is 0 Å². The Bertz CT molecular complexity index is 1270. The normalized spacial score (nSPS) is 12.0. The average Bonchev–Trinajstić information content (AvgIpc) is 3.05. The third-order valence-electron chi connectivity index (χ3n) is 6.79. The van der Waals surface area contributed by atoms with Gasteiger partial charge in [-0.3, -0.25) is 0 Å². The monoisotopic (exact) mass is 476 g/mol. The van der Waals surface area contributed by atoms with E-state index in [1.54, 1.807) is 13.1 Å². The minimum atomic E-state index is -2.15. The molecule has 5 rings (SSSR count). The summed E-state index contributed by atoms with van der Waals surface area (Å²) in [6, 6.07) is 27.7.